The van der Waals surface area contributed by atoms with Crippen LogP contribution >= 0.6 is 0 Å². The lowest BCUT2D eigenvalue weighted by molar-refractivity contribution is -0.121. The van der Waals surface area contributed by atoms with Crippen molar-refractivity contribution < 1.29 is 9.53 Å². The molecule has 0 spiro atoms. The summed E-state index contributed by atoms with van der Waals surface area (Å²) in [6.07, 6.45) is 2.08. The maximum atomic E-state index is 11.4. The number of hydrogen-bond acceptors (Lipinski definition) is 5. The van der Waals surface area contributed by atoms with Gasteiger partial charge in [0.15, 0.2) is 0 Å². The Morgan fingerprint density at radius 2 is 2.11 bits per heavy atom. The second-order valence-electron chi connectivity index (χ2n) is 4.78. The van der Waals surface area contributed by atoms with Crippen molar-refractivity contribution in [3.05, 3.63) is 12.3 Å². The highest BCUT2D eigenvalue weighted by Crippen LogP contribution is 2.09. The number of anilines is 1. The Balaban J connectivity index is 2.39. The lowest BCUT2D eigenvalue weighted by atomic mass is 10.3. The van der Waals surface area contributed by atoms with Crippen molar-refractivity contribution in [3.8, 4) is 5.88 Å². The molecule has 0 saturated carbocycles. The van der Waals surface area contributed by atoms with Crippen LogP contribution in [0.2, 0.25) is 0 Å². The van der Waals surface area contributed by atoms with E-state index in [2.05, 4.69) is 20.6 Å². The van der Waals surface area contributed by atoms with Crippen LogP contribution in [0.25, 0.3) is 0 Å². The van der Waals surface area contributed by atoms with Crippen molar-refractivity contribution in [2.24, 2.45) is 0 Å². The zero-order valence-electron chi connectivity index (χ0n) is 11.9. The molecule has 0 aromatic carbocycles. The van der Waals surface area contributed by atoms with Gasteiger partial charge in [0.1, 0.15) is 0 Å². The van der Waals surface area contributed by atoms with Gasteiger partial charge in [-0.25, -0.2) is 4.98 Å². The Bertz CT molecular complexity index is 407. The Kier molecular flexibility index (Phi) is 6.05. The van der Waals surface area contributed by atoms with Gasteiger partial charge in [0.2, 0.25) is 17.7 Å². The minimum absolute atomic E-state index is 0.0112. The molecule has 0 bridgehead atoms. The summed E-state index contributed by atoms with van der Waals surface area (Å²) in [6.45, 7) is 8.23. The van der Waals surface area contributed by atoms with Crippen LogP contribution in [0.3, 0.4) is 0 Å². The maximum absolute atomic E-state index is 11.4. The molecular formula is C13H22N4O2. The molecule has 2 N–H and O–H groups in total. The van der Waals surface area contributed by atoms with Gasteiger partial charge in [-0.1, -0.05) is 0 Å². The van der Waals surface area contributed by atoms with Crippen molar-refractivity contribution in [1.29, 1.82) is 0 Å². The van der Waals surface area contributed by atoms with Crippen molar-refractivity contribution in [2.45, 2.75) is 46.3 Å². The average molecular weight is 266 g/mol. The lowest BCUT2D eigenvalue weighted by Gasteiger charge is -2.10. The summed E-state index contributed by atoms with van der Waals surface area (Å²) >= 11 is 0. The first kappa shape index (κ1) is 15.2. The zero-order chi connectivity index (χ0) is 14.3. The molecule has 1 aromatic heterocycles. The normalized spacial score (nSPS) is 10.6. The van der Waals surface area contributed by atoms with E-state index in [1.165, 1.54) is 0 Å². The van der Waals surface area contributed by atoms with Crippen molar-refractivity contribution in [2.75, 3.05) is 11.9 Å². The van der Waals surface area contributed by atoms with Gasteiger partial charge in [0.05, 0.1) is 6.10 Å². The Labute approximate surface area is 114 Å². The van der Waals surface area contributed by atoms with Gasteiger partial charge in [0, 0.05) is 31.3 Å². The highest BCUT2D eigenvalue weighted by Gasteiger charge is 2.05. The maximum Gasteiger partial charge on any atom is 0.225 e. The summed E-state index contributed by atoms with van der Waals surface area (Å²) in [7, 11) is 0. The van der Waals surface area contributed by atoms with Gasteiger partial charge >= 0.3 is 0 Å². The summed E-state index contributed by atoms with van der Waals surface area (Å²) in [4.78, 5) is 19.7. The SMILES string of the molecule is CC(C)NC(=O)CCNc1nccc(OC(C)C)n1. The van der Waals surface area contributed by atoms with Gasteiger partial charge in [-0.15, -0.1) is 0 Å². The molecule has 106 valence electrons. The molecule has 1 aromatic rings. The number of hydrogen-bond donors (Lipinski definition) is 2. The Hall–Kier alpha value is -1.85. The van der Waals surface area contributed by atoms with Crippen LogP contribution in [0, 0.1) is 0 Å². The molecule has 6 nitrogen and oxygen atoms in total. The van der Waals surface area contributed by atoms with Gasteiger partial charge in [-0.05, 0) is 27.7 Å². The van der Waals surface area contributed by atoms with Gasteiger partial charge < -0.3 is 15.4 Å². The highest BCUT2D eigenvalue weighted by molar-refractivity contribution is 5.76. The zero-order valence-corrected chi connectivity index (χ0v) is 11.9. The van der Waals surface area contributed by atoms with Crippen molar-refractivity contribution in [1.82, 2.24) is 15.3 Å². The van der Waals surface area contributed by atoms with Crippen LogP contribution in [0.4, 0.5) is 5.95 Å². The first-order chi connectivity index (χ1) is 8.97. The fourth-order valence-electron chi connectivity index (χ4n) is 1.42. The number of nitrogens with zero attached hydrogens (tertiary/aromatic N) is 2. The van der Waals surface area contributed by atoms with Crippen LogP contribution < -0.4 is 15.4 Å². The molecule has 1 amide bonds. The van der Waals surface area contributed by atoms with Crippen molar-refractivity contribution in [3.63, 3.8) is 0 Å². The molecular weight excluding hydrogens is 244 g/mol. The second kappa shape index (κ2) is 7.56. The lowest BCUT2D eigenvalue weighted by Crippen LogP contribution is -2.31. The number of amides is 1. The molecule has 0 radical (unpaired) electrons. The van der Waals surface area contributed by atoms with Crippen molar-refractivity contribution >= 4 is 11.9 Å². The molecule has 0 saturated heterocycles. The van der Waals surface area contributed by atoms with Crippen LogP contribution in [0.1, 0.15) is 34.1 Å². The standard InChI is InChI=1S/C13H22N4O2/c1-9(2)16-11(18)5-7-14-13-15-8-6-12(17-13)19-10(3)4/h6,8-10H,5,7H2,1-4H3,(H,16,18)(H,14,15,17). The summed E-state index contributed by atoms with van der Waals surface area (Å²) < 4.78 is 5.46. The molecule has 1 rings (SSSR count). The number of ether oxygens (including phenoxy) is 1. The molecule has 0 aliphatic rings. The molecule has 0 fully saturated rings. The first-order valence-corrected chi connectivity index (χ1v) is 6.50. The summed E-state index contributed by atoms with van der Waals surface area (Å²) in [5.74, 6) is 1.01. The predicted molar refractivity (Wildman–Crippen MR) is 74.2 cm³/mol. The van der Waals surface area contributed by atoms with Crippen LogP contribution in [0.15, 0.2) is 12.3 Å². The molecule has 0 aliphatic carbocycles. The largest absolute Gasteiger partial charge is 0.475 e. The van der Waals surface area contributed by atoms with E-state index in [4.69, 9.17) is 4.74 Å². The number of carbonyl (C=O) groups excluding carboxylic acids is 1. The topological polar surface area (TPSA) is 76.1 Å². The minimum Gasteiger partial charge on any atom is -0.475 e. The van der Waals surface area contributed by atoms with Gasteiger partial charge in [-0.2, -0.15) is 4.98 Å². The van der Waals surface area contributed by atoms with E-state index >= 15 is 0 Å². The van der Waals surface area contributed by atoms with E-state index < -0.39 is 0 Å². The molecule has 0 unspecified atom stereocenters. The number of carbonyl (C=O) groups is 1. The third kappa shape index (κ3) is 6.59. The molecule has 19 heavy (non-hydrogen) atoms. The Morgan fingerprint density at radius 3 is 2.74 bits per heavy atom. The van der Waals surface area contributed by atoms with Crippen LogP contribution in [-0.2, 0) is 4.79 Å². The number of aromatic nitrogens is 2. The number of rotatable bonds is 7. The smallest absolute Gasteiger partial charge is 0.225 e. The fourth-order valence-corrected chi connectivity index (χ4v) is 1.42. The quantitative estimate of drug-likeness (QED) is 0.783. The van der Waals surface area contributed by atoms with E-state index in [1.807, 2.05) is 27.7 Å². The molecule has 0 aliphatic heterocycles. The molecule has 1 heterocycles. The molecule has 0 atom stereocenters. The summed E-state index contributed by atoms with van der Waals surface area (Å²) in [6, 6.07) is 1.86. The molecule has 6 heteroatoms. The van der Waals surface area contributed by atoms with Gasteiger partial charge in [0.25, 0.3) is 0 Å². The average Bonchev–Trinajstić information content (AvgIpc) is 2.27. The third-order valence-electron chi connectivity index (χ3n) is 2.07. The summed E-state index contributed by atoms with van der Waals surface area (Å²) in [5.41, 5.74) is 0. The second-order valence-corrected chi connectivity index (χ2v) is 4.78. The van der Waals surface area contributed by atoms with E-state index in [-0.39, 0.29) is 18.1 Å². The fraction of sp³-hybridized carbons (Fsp3) is 0.615. The van der Waals surface area contributed by atoms with E-state index in [9.17, 15) is 4.79 Å². The van der Waals surface area contributed by atoms with Gasteiger partial charge in [-0.3, -0.25) is 4.79 Å². The van der Waals surface area contributed by atoms with Crippen LogP contribution in [-0.4, -0.2) is 34.6 Å². The third-order valence-corrected chi connectivity index (χ3v) is 2.07. The predicted octanol–water partition coefficient (Wildman–Crippen LogP) is 1.59. The Morgan fingerprint density at radius 1 is 1.37 bits per heavy atom. The van der Waals surface area contributed by atoms with E-state index in [0.29, 0.717) is 24.8 Å². The summed E-state index contributed by atoms with van der Waals surface area (Å²) in [5, 5.41) is 5.82. The van der Waals surface area contributed by atoms with E-state index in [1.54, 1.807) is 12.3 Å². The van der Waals surface area contributed by atoms with Crippen LogP contribution in [0.5, 0.6) is 5.88 Å². The van der Waals surface area contributed by atoms with E-state index in [0.717, 1.165) is 0 Å². The number of nitrogens with one attached hydrogen (secondary N) is 2. The highest BCUT2D eigenvalue weighted by atomic mass is 16.5. The monoisotopic (exact) mass is 266 g/mol. The first-order valence-electron chi connectivity index (χ1n) is 6.50. The minimum atomic E-state index is 0.0112.